The fourth-order valence-corrected chi connectivity index (χ4v) is 6.42. The summed E-state index contributed by atoms with van der Waals surface area (Å²) in [4.78, 5) is 16.0. The highest BCUT2D eigenvalue weighted by Crippen LogP contribution is 2.41. The number of aromatic hydroxyl groups is 1. The lowest BCUT2D eigenvalue weighted by molar-refractivity contribution is -0.127. The molecular weight excluding hydrogens is 544 g/mol. The number of fused-ring (bicyclic) bond motifs is 1. The van der Waals surface area contributed by atoms with Crippen LogP contribution in [-0.4, -0.2) is 76.9 Å². The number of hydrogen-bond donors (Lipinski definition) is 1. The van der Waals surface area contributed by atoms with E-state index in [0.717, 1.165) is 42.6 Å². The smallest absolute Gasteiger partial charge is 0.234 e. The van der Waals surface area contributed by atoms with Crippen LogP contribution >= 0.6 is 0 Å². The molecule has 1 amide bonds. The normalized spacial score (nSPS) is 15.4. The maximum atomic E-state index is 12.4. The zero-order chi connectivity index (χ0) is 29.9. The van der Waals surface area contributed by atoms with E-state index in [9.17, 15) is 14.1 Å². The van der Waals surface area contributed by atoms with E-state index >= 15 is 0 Å². The Morgan fingerprint density at radius 2 is 1.76 bits per heavy atom. The zero-order valence-corrected chi connectivity index (χ0v) is 25.9. The number of amides is 1. The van der Waals surface area contributed by atoms with Gasteiger partial charge in [0.1, 0.15) is 23.9 Å². The molecule has 3 aromatic carbocycles. The maximum Gasteiger partial charge on any atom is 0.234 e. The number of benzene rings is 3. The number of unbranched alkanes of at least 4 members (excludes halogenated alkanes) is 1. The molecule has 0 saturated carbocycles. The predicted octanol–water partition coefficient (Wildman–Crippen LogP) is 6.18. The van der Waals surface area contributed by atoms with E-state index < -0.39 is 10.8 Å². The van der Waals surface area contributed by atoms with Crippen LogP contribution in [0.3, 0.4) is 0 Å². The first-order valence-corrected chi connectivity index (χ1v) is 16.4. The minimum Gasteiger partial charge on any atom is -0.508 e. The van der Waals surface area contributed by atoms with Crippen molar-refractivity contribution in [2.45, 2.75) is 38.5 Å². The molecule has 0 saturated heterocycles. The molecule has 0 spiro atoms. The fraction of sp³-hybridized carbons (Fsp3) is 0.400. The van der Waals surface area contributed by atoms with Gasteiger partial charge in [-0.15, -0.1) is 0 Å². The largest absolute Gasteiger partial charge is 0.508 e. The van der Waals surface area contributed by atoms with E-state index in [1.165, 1.54) is 16.7 Å². The second-order valence-corrected chi connectivity index (χ2v) is 12.7. The van der Waals surface area contributed by atoms with Crippen LogP contribution in [0.2, 0.25) is 0 Å². The van der Waals surface area contributed by atoms with Crippen LogP contribution in [0, 0.1) is 0 Å². The quantitative estimate of drug-likeness (QED) is 0.244. The molecule has 7 heteroatoms. The molecule has 3 aromatic rings. The highest BCUT2D eigenvalue weighted by Gasteiger charge is 2.22. The van der Waals surface area contributed by atoms with Gasteiger partial charge < -0.3 is 19.6 Å². The summed E-state index contributed by atoms with van der Waals surface area (Å²) in [7, 11) is 2.60. The molecule has 224 valence electrons. The Labute approximate surface area is 253 Å². The van der Waals surface area contributed by atoms with Crippen LogP contribution in [0.15, 0.2) is 72.8 Å². The van der Waals surface area contributed by atoms with Gasteiger partial charge in [-0.25, -0.2) is 0 Å². The lowest BCUT2D eigenvalue weighted by Crippen LogP contribution is -2.34. The summed E-state index contributed by atoms with van der Waals surface area (Å²) in [5.41, 5.74) is 6.03. The lowest BCUT2D eigenvalue weighted by Gasteiger charge is -2.20. The number of hydrogen-bond acceptors (Lipinski definition) is 5. The van der Waals surface area contributed by atoms with E-state index in [1.807, 2.05) is 37.4 Å². The third-order valence-electron chi connectivity index (χ3n) is 7.90. The Balaban J connectivity index is 1.28. The maximum absolute atomic E-state index is 12.4. The number of carbonyl (C=O) groups excluding carboxylic acids is 1. The number of rotatable bonds is 14. The SMILES string of the molecule is CCCCN(C)C(=O)CS(=O)CCN(C)CCOc1ccc(C2CCC(c3ccccc3)=Cc3ccc(O)cc32)cc1. The van der Waals surface area contributed by atoms with Gasteiger partial charge in [-0.2, -0.15) is 0 Å². The van der Waals surface area contributed by atoms with Gasteiger partial charge in [-0.3, -0.25) is 9.00 Å². The van der Waals surface area contributed by atoms with Gasteiger partial charge in [0.05, 0.1) is 0 Å². The third-order valence-corrected chi connectivity index (χ3v) is 9.11. The molecule has 6 nitrogen and oxygen atoms in total. The van der Waals surface area contributed by atoms with Crippen LogP contribution in [0.1, 0.15) is 60.8 Å². The van der Waals surface area contributed by atoms with Crippen molar-refractivity contribution >= 4 is 28.4 Å². The molecule has 2 unspecified atom stereocenters. The molecule has 4 rings (SSSR count). The zero-order valence-electron chi connectivity index (χ0n) is 25.1. The van der Waals surface area contributed by atoms with E-state index in [-0.39, 0.29) is 23.3 Å². The second kappa shape index (κ2) is 15.7. The van der Waals surface area contributed by atoms with E-state index in [1.54, 1.807) is 18.0 Å². The molecule has 0 bridgehead atoms. The van der Waals surface area contributed by atoms with Crippen molar-refractivity contribution in [1.82, 2.24) is 9.80 Å². The Kier molecular flexibility index (Phi) is 11.8. The van der Waals surface area contributed by atoms with Gasteiger partial charge in [-0.05, 0) is 78.4 Å². The molecule has 1 N–H and O–H groups in total. The monoisotopic (exact) mass is 588 g/mol. The van der Waals surface area contributed by atoms with Crippen molar-refractivity contribution in [2.75, 3.05) is 51.8 Å². The molecule has 0 aromatic heterocycles. The molecule has 1 aliphatic carbocycles. The van der Waals surface area contributed by atoms with Crippen LogP contribution in [-0.2, 0) is 15.6 Å². The van der Waals surface area contributed by atoms with Gasteiger partial charge in [0.25, 0.3) is 0 Å². The summed E-state index contributed by atoms with van der Waals surface area (Å²) >= 11 is 0. The number of phenols is 1. The highest BCUT2D eigenvalue weighted by atomic mass is 32.2. The van der Waals surface area contributed by atoms with Crippen molar-refractivity contribution in [1.29, 1.82) is 0 Å². The Morgan fingerprint density at radius 1 is 1.00 bits per heavy atom. The minimum atomic E-state index is -1.17. The fourth-order valence-electron chi connectivity index (χ4n) is 5.26. The van der Waals surface area contributed by atoms with Crippen LogP contribution in [0.4, 0.5) is 0 Å². The molecular formula is C35H44N2O4S. The van der Waals surface area contributed by atoms with Crippen LogP contribution in [0.5, 0.6) is 11.5 Å². The van der Waals surface area contributed by atoms with Crippen molar-refractivity contribution in [2.24, 2.45) is 0 Å². The number of phenolic OH excluding ortho intramolecular Hbond substituents is 1. The highest BCUT2D eigenvalue weighted by molar-refractivity contribution is 7.85. The molecule has 2 atom stereocenters. The molecule has 0 aliphatic heterocycles. The van der Waals surface area contributed by atoms with Crippen LogP contribution in [0.25, 0.3) is 11.6 Å². The van der Waals surface area contributed by atoms with E-state index in [4.69, 9.17) is 4.74 Å². The Morgan fingerprint density at radius 3 is 2.50 bits per heavy atom. The summed E-state index contributed by atoms with van der Waals surface area (Å²) in [5.74, 6) is 1.78. The second-order valence-electron chi connectivity index (χ2n) is 11.1. The number of ether oxygens (including phenoxy) is 1. The summed E-state index contributed by atoms with van der Waals surface area (Å²) < 4.78 is 18.4. The van der Waals surface area contributed by atoms with Crippen molar-refractivity contribution in [3.63, 3.8) is 0 Å². The van der Waals surface area contributed by atoms with Crippen molar-refractivity contribution in [3.05, 3.63) is 95.1 Å². The van der Waals surface area contributed by atoms with Gasteiger partial charge >= 0.3 is 0 Å². The molecule has 0 heterocycles. The lowest BCUT2D eigenvalue weighted by atomic mass is 9.86. The molecule has 0 fully saturated rings. The first-order chi connectivity index (χ1) is 20.3. The molecule has 1 aliphatic rings. The molecule has 0 radical (unpaired) electrons. The number of allylic oxidation sites excluding steroid dienone is 1. The average molecular weight is 589 g/mol. The van der Waals surface area contributed by atoms with E-state index in [2.05, 4.69) is 54.3 Å². The molecule has 42 heavy (non-hydrogen) atoms. The van der Waals surface area contributed by atoms with Gasteiger partial charge in [0.2, 0.25) is 5.91 Å². The summed E-state index contributed by atoms with van der Waals surface area (Å²) in [6, 6.07) is 24.5. The van der Waals surface area contributed by atoms with Gasteiger partial charge in [-0.1, -0.05) is 68.0 Å². The number of likely N-dealkylation sites (N-methyl/N-ethyl adjacent to an activating group) is 1. The number of carbonyl (C=O) groups is 1. The average Bonchev–Trinajstić information content (AvgIpc) is 3.19. The van der Waals surface area contributed by atoms with Gasteiger partial charge in [0.15, 0.2) is 0 Å². The number of nitrogens with zero attached hydrogens (tertiary/aromatic N) is 2. The van der Waals surface area contributed by atoms with Crippen molar-refractivity contribution < 1.29 is 18.8 Å². The Hall–Kier alpha value is -3.42. The van der Waals surface area contributed by atoms with Crippen molar-refractivity contribution in [3.8, 4) is 11.5 Å². The minimum absolute atomic E-state index is 0.0479. The standard InChI is InChI=1S/C35H44N2O4S/c1-4-5-19-37(3)35(39)26-42(40)23-21-36(2)20-22-41-32-16-12-28(13-17-32)33-18-14-29(27-9-7-6-8-10-27)24-30-11-15-31(38)25-34(30)33/h6-13,15-17,24-25,33,38H,4-5,14,18-23,26H2,1-3H3. The third kappa shape index (κ3) is 9.04. The Bertz CT molecular complexity index is 1360. The first kappa shape index (κ1) is 31.5. The predicted molar refractivity (Wildman–Crippen MR) is 173 cm³/mol. The van der Waals surface area contributed by atoms with E-state index in [0.29, 0.717) is 32.0 Å². The summed E-state index contributed by atoms with van der Waals surface area (Å²) in [6.45, 7) is 4.68. The topological polar surface area (TPSA) is 70.1 Å². The first-order valence-electron chi connectivity index (χ1n) is 14.9. The summed E-state index contributed by atoms with van der Waals surface area (Å²) in [5, 5.41) is 10.3. The van der Waals surface area contributed by atoms with Gasteiger partial charge in [0, 0.05) is 49.2 Å². The summed E-state index contributed by atoms with van der Waals surface area (Å²) in [6.07, 6.45) is 6.16. The van der Waals surface area contributed by atoms with Crippen LogP contribution < -0.4 is 4.74 Å².